The number of alkyl halides is 6. The number of likely N-dealkylation sites (tertiary alicyclic amines) is 1. The second kappa shape index (κ2) is 8.45. The van der Waals surface area contributed by atoms with E-state index in [1.807, 2.05) is 0 Å². The second-order valence-electron chi connectivity index (χ2n) is 8.43. The number of rotatable bonds is 3. The topological polar surface area (TPSA) is 94.1 Å². The molecule has 0 radical (unpaired) electrons. The predicted molar refractivity (Wildman–Crippen MR) is 112 cm³/mol. The summed E-state index contributed by atoms with van der Waals surface area (Å²) in [6, 6.07) is 1.86. The van der Waals surface area contributed by atoms with E-state index in [1.165, 1.54) is 0 Å². The van der Waals surface area contributed by atoms with Crippen molar-refractivity contribution in [3.8, 4) is 22.8 Å². The van der Waals surface area contributed by atoms with E-state index in [0.29, 0.717) is 31.2 Å². The van der Waals surface area contributed by atoms with Gasteiger partial charge in [0.05, 0.1) is 17.7 Å². The normalized spacial score (nSPS) is 19.5. The van der Waals surface area contributed by atoms with Crippen LogP contribution in [0.1, 0.15) is 29.0 Å². The number of phenolic OH excluding ortho intramolecular Hbond substituents is 2. The third-order valence-electron chi connectivity index (χ3n) is 6.25. The highest BCUT2D eigenvalue weighted by atomic mass is 19.4. The lowest BCUT2D eigenvalue weighted by Gasteiger charge is -2.24. The summed E-state index contributed by atoms with van der Waals surface area (Å²) in [5.41, 5.74) is -5.15. The zero-order valence-electron chi connectivity index (χ0n) is 18.0. The Kier molecular flexibility index (Phi) is 6.00. The Morgan fingerprint density at radius 3 is 2.11 bits per heavy atom. The van der Waals surface area contributed by atoms with Crippen LogP contribution in [0.5, 0.6) is 11.5 Å². The molecule has 0 bridgehead atoms. The Labute approximate surface area is 193 Å². The van der Waals surface area contributed by atoms with Gasteiger partial charge in [0.25, 0.3) is 0 Å². The molecule has 35 heavy (non-hydrogen) atoms. The molecule has 2 heterocycles. The first-order chi connectivity index (χ1) is 16.2. The maximum Gasteiger partial charge on any atom is 0.416 e. The Balaban J connectivity index is 2.02. The molecule has 12 heteroatoms. The molecule has 0 saturated carbocycles. The second-order valence-corrected chi connectivity index (χ2v) is 8.43. The van der Waals surface area contributed by atoms with Crippen molar-refractivity contribution >= 4 is 11.0 Å². The molecule has 2 unspecified atom stereocenters. The van der Waals surface area contributed by atoms with Gasteiger partial charge >= 0.3 is 12.4 Å². The highest BCUT2D eigenvalue weighted by Crippen LogP contribution is 2.45. The van der Waals surface area contributed by atoms with Crippen molar-refractivity contribution in [3.63, 3.8) is 0 Å². The van der Waals surface area contributed by atoms with Gasteiger partial charge in [-0.1, -0.05) is 0 Å². The zero-order chi connectivity index (χ0) is 25.9. The Morgan fingerprint density at radius 1 is 0.971 bits per heavy atom. The van der Waals surface area contributed by atoms with Crippen molar-refractivity contribution in [2.75, 3.05) is 20.2 Å². The van der Waals surface area contributed by atoms with Gasteiger partial charge in [-0.2, -0.15) is 26.3 Å². The maximum absolute atomic E-state index is 13.3. The van der Waals surface area contributed by atoms with Gasteiger partial charge in [-0.3, -0.25) is 4.79 Å². The minimum Gasteiger partial charge on any atom is -0.507 e. The summed E-state index contributed by atoms with van der Waals surface area (Å²) in [6.07, 6.45) is -9.83. The highest BCUT2D eigenvalue weighted by Gasteiger charge is 2.38. The van der Waals surface area contributed by atoms with Crippen LogP contribution in [-0.2, 0) is 12.4 Å². The number of nitrogens with zero attached hydrogens (tertiary/aromatic N) is 1. The van der Waals surface area contributed by atoms with Gasteiger partial charge in [-0.15, -0.1) is 0 Å². The summed E-state index contributed by atoms with van der Waals surface area (Å²) in [6.45, 7) is 0.152. The first kappa shape index (κ1) is 24.9. The van der Waals surface area contributed by atoms with Crippen LogP contribution in [0.15, 0.2) is 39.5 Å². The van der Waals surface area contributed by atoms with E-state index in [1.54, 1.807) is 11.9 Å². The van der Waals surface area contributed by atoms with Crippen LogP contribution in [0.3, 0.4) is 0 Å². The molecule has 1 fully saturated rings. The molecule has 6 nitrogen and oxygen atoms in total. The lowest BCUT2D eigenvalue weighted by molar-refractivity contribution is -0.143. The number of aromatic hydroxyl groups is 2. The Morgan fingerprint density at radius 2 is 1.57 bits per heavy atom. The van der Waals surface area contributed by atoms with Crippen LogP contribution in [0.25, 0.3) is 22.3 Å². The molecule has 2 aromatic carbocycles. The predicted octanol–water partition coefficient (Wildman–Crippen LogP) is 4.69. The molecular weight excluding hydrogens is 484 g/mol. The summed E-state index contributed by atoms with van der Waals surface area (Å²) < 4.78 is 85.6. The number of phenols is 2. The lowest BCUT2D eigenvalue weighted by Crippen LogP contribution is -2.32. The molecule has 4 rings (SSSR count). The van der Waals surface area contributed by atoms with E-state index in [-0.39, 0.29) is 23.8 Å². The lowest BCUT2D eigenvalue weighted by atomic mass is 9.89. The minimum absolute atomic E-state index is 0.0168. The van der Waals surface area contributed by atoms with Crippen molar-refractivity contribution in [2.24, 2.45) is 0 Å². The molecule has 2 atom stereocenters. The zero-order valence-corrected chi connectivity index (χ0v) is 18.0. The van der Waals surface area contributed by atoms with E-state index in [0.717, 1.165) is 6.07 Å². The van der Waals surface area contributed by atoms with Crippen LogP contribution >= 0.6 is 0 Å². The summed E-state index contributed by atoms with van der Waals surface area (Å²) in [5.74, 6) is -2.38. The molecule has 0 amide bonds. The summed E-state index contributed by atoms with van der Waals surface area (Å²) in [7, 11) is 1.71. The van der Waals surface area contributed by atoms with Gasteiger partial charge in [-0.05, 0) is 38.2 Å². The molecule has 1 aliphatic rings. The number of fused-ring (bicyclic) bond motifs is 1. The summed E-state index contributed by atoms with van der Waals surface area (Å²) in [4.78, 5) is 14.6. The van der Waals surface area contributed by atoms with Gasteiger partial charge in [0.1, 0.15) is 28.2 Å². The fraction of sp³-hybridized carbons (Fsp3) is 0.348. The molecule has 3 N–H and O–H groups in total. The fourth-order valence-electron chi connectivity index (χ4n) is 4.53. The fourth-order valence-corrected chi connectivity index (χ4v) is 4.53. The SMILES string of the molecule is CN1CCC(c2c(O)cc(O)c3c(=O)cc(-c4cc(C(F)(F)F)cc(C(F)(F)F)c4)oc23)C1CO. The number of aliphatic hydroxyl groups excluding tert-OH is 1. The number of benzene rings is 2. The Bertz CT molecular complexity index is 1320. The first-order valence-corrected chi connectivity index (χ1v) is 10.4. The van der Waals surface area contributed by atoms with Gasteiger partial charge in [0, 0.05) is 35.2 Å². The van der Waals surface area contributed by atoms with Crippen LogP contribution < -0.4 is 5.43 Å². The average Bonchev–Trinajstić information content (AvgIpc) is 3.11. The molecule has 0 spiro atoms. The van der Waals surface area contributed by atoms with E-state index >= 15 is 0 Å². The third-order valence-corrected chi connectivity index (χ3v) is 6.25. The molecule has 3 aromatic rings. The van der Waals surface area contributed by atoms with Crippen molar-refractivity contribution in [3.05, 3.63) is 57.2 Å². The Hall–Kier alpha value is -3.25. The molecule has 1 saturated heterocycles. The van der Waals surface area contributed by atoms with E-state index in [4.69, 9.17) is 4.42 Å². The maximum atomic E-state index is 13.3. The van der Waals surface area contributed by atoms with Gasteiger partial charge in [0.2, 0.25) is 0 Å². The van der Waals surface area contributed by atoms with E-state index in [2.05, 4.69) is 0 Å². The van der Waals surface area contributed by atoms with Gasteiger partial charge < -0.3 is 24.6 Å². The molecule has 1 aromatic heterocycles. The standard InChI is InChI=1S/C23H19F6NO5/c1-30-3-2-13(14(30)9-31)19-15(32)7-16(33)20-17(34)8-18(35-21(19)20)10-4-11(22(24,25)26)6-12(5-10)23(27,28)29/h4-8,13-14,31-33H,2-3,9H2,1H3. The highest BCUT2D eigenvalue weighted by molar-refractivity contribution is 5.89. The number of aliphatic hydroxyl groups is 1. The third kappa shape index (κ3) is 4.43. The van der Waals surface area contributed by atoms with Crippen molar-refractivity contribution in [1.82, 2.24) is 4.90 Å². The van der Waals surface area contributed by atoms with Gasteiger partial charge in [0.15, 0.2) is 5.43 Å². The molecular formula is C23H19F6NO5. The number of hydrogen-bond acceptors (Lipinski definition) is 6. The molecule has 1 aliphatic heterocycles. The monoisotopic (exact) mass is 503 g/mol. The largest absolute Gasteiger partial charge is 0.507 e. The number of halogens is 6. The summed E-state index contributed by atoms with van der Waals surface area (Å²) >= 11 is 0. The van der Waals surface area contributed by atoms with Crippen LogP contribution in [0.2, 0.25) is 0 Å². The van der Waals surface area contributed by atoms with Crippen LogP contribution in [0.4, 0.5) is 26.3 Å². The van der Waals surface area contributed by atoms with E-state index < -0.39 is 69.1 Å². The van der Waals surface area contributed by atoms with Crippen molar-refractivity contribution in [1.29, 1.82) is 0 Å². The average molecular weight is 503 g/mol. The smallest absolute Gasteiger partial charge is 0.416 e. The summed E-state index contributed by atoms with van der Waals surface area (Å²) in [5, 5.41) is 30.3. The minimum atomic E-state index is -5.11. The molecule has 0 aliphatic carbocycles. The van der Waals surface area contributed by atoms with Crippen molar-refractivity contribution in [2.45, 2.75) is 30.7 Å². The quantitative estimate of drug-likeness (QED) is 0.449. The number of likely N-dealkylation sites (N-methyl/N-ethyl adjacent to an activating group) is 1. The van der Waals surface area contributed by atoms with E-state index in [9.17, 15) is 46.5 Å². The molecule has 188 valence electrons. The number of hydrogen-bond donors (Lipinski definition) is 3. The van der Waals surface area contributed by atoms with Crippen molar-refractivity contribution < 1.29 is 46.1 Å². The van der Waals surface area contributed by atoms with Crippen LogP contribution in [0, 0.1) is 0 Å². The van der Waals surface area contributed by atoms with Crippen LogP contribution in [-0.4, -0.2) is 46.5 Å². The van der Waals surface area contributed by atoms with Gasteiger partial charge in [-0.25, -0.2) is 0 Å². The first-order valence-electron chi connectivity index (χ1n) is 10.4.